The van der Waals surface area contributed by atoms with Crippen LogP contribution in [-0.4, -0.2) is 23.0 Å². The molecule has 1 aliphatic heterocycles. The van der Waals surface area contributed by atoms with E-state index in [2.05, 4.69) is 29.6 Å². The van der Waals surface area contributed by atoms with E-state index in [1.807, 2.05) is 11.8 Å². The highest BCUT2D eigenvalue weighted by atomic mass is 32.2. The molecule has 1 fully saturated rings. The summed E-state index contributed by atoms with van der Waals surface area (Å²) in [6.45, 7) is 0. The van der Waals surface area contributed by atoms with Crippen molar-refractivity contribution in [1.82, 2.24) is 5.32 Å². The molecule has 0 radical (unpaired) electrons. The van der Waals surface area contributed by atoms with E-state index in [1.54, 1.807) is 0 Å². The van der Waals surface area contributed by atoms with Crippen LogP contribution in [0.5, 0.6) is 0 Å². The fourth-order valence-electron chi connectivity index (χ4n) is 2.90. The number of nitrogens with one attached hydrogen (secondary N) is 1. The highest BCUT2D eigenvalue weighted by Crippen LogP contribution is 2.38. The van der Waals surface area contributed by atoms with Crippen molar-refractivity contribution in [3.05, 3.63) is 29.8 Å². The summed E-state index contributed by atoms with van der Waals surface area (Å²) < 4.78 is 0. The Morgan fingerprint density at radius 2 is 2.12 bits per heavy atom. The zero-order valence-electron chi connectivity index (χ0n) is 9.93. The molecule has 0 aromatic heterocycles. The lowest BCUT2D eigenvalue weighted by molar-refractivity contribution is 0.109. The summed E-state index contributed by atoms with van der Waals surface area (Å²) in [5.74, 6) is 1.13. The average Bonchev–Trinajstić information content (AvgIpc) is 2.73. The molecule has 3 atom stereocenters. The summed E-state index contributed by atoms with van der Waals surface area (Å²) in [5, 5.41) is 13.4. The van der Waals surface area contributed by atoms with E-state index in [0.29, 0.717) is 12.1 Å². The standard InChI is InChI=1S/C14H19NOS/c16-11-5-3-4-10(8-11)15-13-9-17-14-7-2-1-6-12(13)14/h1-2,6-7,10-11,13,15-16H,3-5,8-9H2. The van der Waals surface area contributed by atoms with Gasteiger partial charge >= 0.3 is 0 Å². The number of thioether (sulfide) groups is 1. The largest absolute Gasteiger partial charge is 0.393 e. The van der Waals surface area contributed by atoms with Gasteiger partial charge in [0.25, 0.3) is 0 Å². The number of hydrogen-bond donors (Lipinski definition) is 2. The first-order valence-corrected chi connectivity index (χ1v) is 7.47. The van der Waals surface area contributed by atoms with Crippen LogP contribution in [0.3, 0.4) is 0 Å². The molecular formula is C14H19NOS. The first-order valence-electron chi connectivity index (χ1n) is 6.49. The molecule has 0 spiro atoms. The molecule has 2 aliphatic rings. The predicted octanol–water partition coefficient (Wildman–Crippen LogP) is 2.73. The Balaban J connectivity index is 1.67. The number of hydrogen-bond acceptors (Lipinski definition) is 3. The summed E-state index contributed by atoms with van der Waals surface area (Å²) in [6, 6.07) is 9.64. The molecule has 0 amide bonds. The third-order valence-corrected chi connectivity index (χ3v) is 4.97. The van der Waals surface area contributed by atoms with Gasteiger partial charge in [0.2, 0.25) is 0 Å². The molecule has 17 heavy (non-hydrogen) atoms. The van der Waals surface area contributed by atoms with Gasteiger partial charge in [-0.05, 0) is 37.3 Å². The van der Waals surface area contributed by atoms with Crippen LogP contribution >= 0.6 is 11.8 Å². The minimum Gasteiger partial charge on any atom is -0.393 e. The fourth-order valence-corrected chi connectivity index (χ4v) is 4.07. The second kappa shape index (κ2) is 5.01. The molecule has 0 bridgehead atoms. The smallest absolute Gasteiger partial charge is 0.0555 e. The van der Waals surface area contributed by atoms with Gasteiger partial charge in [0, 0.05) is 22.7 Å². The van der Waals surface area contributed by atoms with Crippen LogP contribution < -0.4 is 5.32 Å². The lowest BCUT2D eigenvalue weighted by Gasteiger charge is -2.29. The molecule has 3 unspecified atom stereocenters. The van der Waals surface area contributed by atoms with Crippen molar-refractivity contribution in [1.29, 1.82) is 0 Å². The van der Waals surface area contributed by atoms with Gasteiger partial charge in [0.1, 0.15) is 0 Å². The van der Waals surface area contributed by atoms with Crippen LogP contribution in [0.15, 0.2) is 29.2 Å². The lowest BCUT2D eigenvalue weighted by Crippen LogP contribution is -2.38. The molecule has 2 nitrogen and oxygen atoms in total. The maximum atomic E-state index is 9.70. The second-order valence-corrected chi connectivity index (χ2v) is 6.15. The van der Waals surface area contributed by atoms with E-state index in [9.17, 15) is 5.11 Å². The molecule has 3 heteroatoms. The molecule has 92 valence electrons. The van der Waals surface area contributed by atoms with Gasteiger partial charge in [0.05, 0.1) is 6.10 Å². The predicted molar refractivity (Wildman–Crippen MR) is 71.3 cm³/mol. The number of fused-ring (bicyclic) bond motifs is 1. The summed E-state index contributed by atoms with van der Waals surface area (Å²) in [4.78, 5) is 1.42. The topological polar surface area (TPSA) is 32.3 Å². The van der Waals surface area contributed by atoms with E-state index in [1.165, 1.54) is 16.9 Å². The van der Waals surface area contributed by atoms with Gasteiger partial charge in [-0.1, -0.05) is 18.2 Å². The Labute approximate surface area is 107 Å². The number of aliphatic hydroxyl groups is 1. The van der Waals surface area contributed by atoms with Crippen molar-refractivity contribution in [2.75, 3.05) is 5.75 Å². The Morgan fingerprint density at radius 1 is 1.24 bits per heavy atom. The van der Waals surface area contributed by atoms with Gasteiger partial charge in [-0.2, -0.15) is 0 Å². The Hall–Kier alpha value is -0.510. The quantitative estimate of drug-likeness (QED) is 0.845. The van der Waals surface area contributed by atoms with Crippen molar-refractivity contribution in [3.8, 4) is 0 Å². The second-order valence-electron chi connectivity index (χ2n) is 5.09. The first kappa shape index (κ1) is 11.6. The molecule has 3 rings (SSSR count). The van der Waals surface area contributed by atoms with Crippen LogP contribution in [0.4, 0.5) is 0 Å². The van der Waals surface area contributed by atoms with Crippen LogP contribution in [0.1, 0.15) is 37.3 Å². The van der Waals surface area contributed by atoms with Gasteiger partial charge < -0.3 is 10.4 Å². The van der Waals surface area contributed by atoms with Gasteiger partial charge in [-0.3, -0.25) is 0 Å². The van der Waals surface area contributed by atoms with E-state index in [4.69, 9.17) is 0 Å². The van der Waals surface area contributed by atoms with Crippen LogP contribution in [0, 0.1) is 0 Å². The molecular weight excluding hydrogens is 230 g/mol. The third kappa shape index (κ3) is 2.51. The summed E-state index contributed by atoms with van der Waals surface area (Å²) >= 11 is 1.94. The summed E-state index contributed by atoms with van der Waals surface area (Å²) in [7, 11) is 0. The molecule has 1 aliphatic carbocycles. The molecule has 2 N–H and O–H groups in total. The lowest BCUT2D eigenvalue weighted by atomic mass is 9.92. The van der Waals surface area contributed by atoms with Crippen LogP contribution in [0.2, 0.25) is 0 Å². The average molecular weight is 249 g/mol. The Kier molecular flexibility index (Phi) is 3.41. The van der Waals surface area contributed by atoms with Gasteiger partial charge in [-0.15, -0.1) is 11.8 Å². The van der Waals surface area contributed by atoms with Crippen molar-refractivity contribution in [3.63, 3.8) is 0 Å². The zero-order chi connectivity index (χ0) is 11.7. The Bertz CT molecular complexity index is 396. The van der Waals surface area contributed by atoms with E-state index in [-0.39, 0.29) is 6.10 Å². The van der Waals surface area contributed by atoms with E-state index >= 15 is 0 Å². The van der Waals surface area contributed by atoms with Crippen molar-refractivity contribution in [2.45, 2.75) is 48.8 Å². The fraction of sp³-hybridized carbons (Fsp3) is 0.571. The van der Waals surface area contributed by atoms with Gasteiger partial charge in [-0.25, -0.2) is 0 Å². The van der Waals surface area contributed by atoms with Crippen molar-refractivity contribution >= 4 is 11.8 Å². The highest BCUT2D eigenvalue weighted by molar-refractivity contribution is 7.99. The molecule has 1 saturated carbocycles. The van der Waals surface area contributed by atoms with Gasteiger partial charge in [0.15, 0.2) is 0 Å². The molecule has 1 aromatic rings. The maximum absolute atomic E-state index is 9.70. The zero-order valence-corrected chi connectivity index (χ0v) is 10.7. The molecule has 0 saturated heterocycles. The maximum Gasteiger partial charge on any atom is 0.0555 e. The third-order valence-electron chi connectivity index (χ3n) is 3.78. The minimum absolute atomic E-state index is 0.0921. The number of benzene rings is 1. The number of aliphatic hydroxyl groups excluding tert-OH is 1. The SMILES string of the molecule is OC1CCCC(NC2CSc3ccccc32)C1. The summed E-state index contributed by atoms with van der Waals surface area (Å²) in [6.07, 6.45) is 4.17. The van der Waals surface area contributed by atoms with Crippen LogP contribution in [-0.2, 0) is 0 Å². The van der Waals surface area contributed by atoms with E-state index in [0.717, 1.165) is 25.0 Å². The number of rotatable bonds is 2. The summed E-state index contributed by atoms with van der Waals surface area (Å²) in [5.41, 5.74) is 1.44. The molecule has 1 heterocycles. The monoisotopic (exact) mass is 249 g/mol. The first-order chi connectivity index (χ1) is 8.33. The minimum atomic E-state index is -0.0921. The highest BCUT2D eigenvalue weighted by Gasteiger charge is 2.27. The molecule has 1 aromatic carbocycles. The van der Waals surface area contributed by atoms with E-state index < -0.39 is 0 Å². The van der Waals surface area contributed by atoms with Crippen molar-refractivity contribution < 1.29 is 5.11 Å². The van der Waals surface area contributed by atoms with Crippen molar-refractivity contribution in [2.24, 2.45) is 0 Å². The normalized spacial score (nSPS) is 32.4. The Morgan fingerprint density at radius 3 is 3.00 bits per heavy atom. The van der Waals surface area contributed by atoms with Crippen LogP contribution in [0.25, 0.3) is 0 Å².